The Morgan fingerprint density at radius 1 is 1.30 bits per heavy atom. The van der Waals surface area contributed by atoms with Gasteiger partial charge in [0.1, 0.15) is 0 Å². The van der Waals surface area contributed by atoms with Gasteiger partial charge in [0.2, 0.25) is 0 Å². The van der Waals surface area contributed by atoms with Crippen LogP contribution in [0.3, 0.4) is 0 Å². The summed E-state index contributed by atoms with van der Waals surface area (Å²) < 4.78 is 25.7. The number of benzene rings is 1. The van der Waals surface area contributed by atoms with Gasteiger partial charge in [-0.05, 0) is 37.3 Å². The number of anilines is 1. The fourth-order valence-corrected chi connectivity index (χ4v) is 2.43. The minimum Gasteiger partial charge on any atom is -0.393 e. The van der Waals surface area contributed by atoms with Gasteiger partial charge in [-0.3, -0.25) is 0 Å². The minimum absolute atomic E-state index is 0.199. The summed E-state index contributed by atoms with van der Waals surface area (Å²) >= 11 is 0. The summed E-state index contributed by atoms with van der Waals surface area (Å²) in [6.07, 6.45) is 3.15. The topological polar surface area (TPSA) is 61.4 Å². The Balaban J connectivity index is 1.78. The van der Waals surface area contributed by atoms with Crippen LogP contribution >= 0.6 is 0 Å². The Morgan fingerprint density at radius 3 is 2.80 bits per heavy atom. The zero-order chi connectivity index (χ0) is 14.5. The molecule has 1 aromatic rings. The van der Waals surface area contributed by atoms with Crippen molar-refractivity contribution in [3.05, 3.63) is 29.8 Å². The van der Waals surface area contributed by atoms with E-state index in [0.717, 1.165) is 31.4 Å². The Labute approximate surface area is 116 Å². The van der Waals surface area contributed by atoms with E-state index in [4.69, 9.17) is 0 Å². The molecule has 2 amide bonds. The van der Waals surface area contributed by atoms with E-state index < -0.39 is 17.7 Å². The van der Waals surface area contributed by atoms with Crippen molar-refractivity contribution in [2.75, 3.05) is 11.9 Å². The Bertz CT molecular complexity index is 482. The van der Waals surface area contributed by atoms with Gasteiger partial charge in [-0.2, -0.15) is 0 Å². The molecule has 1 saturated carbocycles. The van der Waals surface area contributed by atoms with Gasteiger partial charge in [0.25, 0.3) is 0 Å². The van der Waals surface area contributed by atoms with Crippen molar-refractivity contribution in [3.63, 3.8) is 0 Å². The molecule has 3 N–H and O–H groups in total. The van der Waals surface area contributed by atoms with Gasteiger partial charge in [0, 0.05) is 18.3 Å². The lowest BCUT2D eigenvalue weighted by molar-refractivity contribution is 0.101. The Hall–Kier alpha value is -1.69. The molecule has 6 heteroatoms. The Morgan fingerprint density at radius 2 is 2.10 bits per heavy atom. The van der Waals surface area contributed by atoms with Crippen LogP contribution in [0, 0.1) is 17.6 Å². The third-order valence-electron chi connectivity index (χ3n) is 3.48. The van der Waals surface area contributed by atoms with Gasteiger partial charge in [0.05, 0.1) is 6.10 Å². The van der Waals surface area contributed by atoms with E-state index in [2.05, 4.69) is 10.6 Å². The number of carbonyl (C=O) groups excluding carboxylic acids is 1. The summed E-state index contributed by atoms with van der Waals surface area (Å²) in [5.74, 6) is -1.69. The third-order valence-corrected chi connectivity index (χ3v) is 3.48. The largest absolute Gasteiger partial charge is 0.393 e. The summed E-state index contributed by atoms with van der Waals surface area (Å²) in [7, 11) is 0. The van der Waals surface area contributed by atoms with Crippen LogP contribution in [0.1, 0.15) is 25.7 Å². The first-order chi connectivity index (χ1) is 9.54. The summed E-state index contributed by atoms with van der Waals surface area (Å²) in [6.45, 7) is 0.465. The molecule has 20 heavy (non-hydrogen) atoms. The maximum absolute atomic E-state index is 13.0. The van der Waals surface area contributed by atoms with Crippen molar-refractivity contribution in [2.45, 2.75) is 31.8 Å². The summed E-state index contributed by atoms with van der Waals surface area (Å²) in [5.41, 5.74) is 0.199. The standard InChI is InChI=1S/C14H18F2N2O2/c15-12-5-4-10(7-13(12)16)18-14(20)17-8-9-2-1-3-11(19)6-9/h4-5,7,9,11,19H,1-3,6,8H2,(H2,17,18,20). The molecule has 0 bridgehead atoms. The van der Waals surface area contributed by atoms with E-state index in [-0.39, 0.29) is 17.7 Å². The molecular weight excluding hydrogens is 266 g/mol. The highest BCUT2D eigenvalue weighted by molar-refractivity contribution is 5.89. The van der Waals surface area contributed by atoms with Crippen LogP contribution in [0.25, 0.3) is 0 Å². The molecular formula is C14H18F2N2O2. The molecule has 0 aromatic heterocycles. The average molecular weight is 284 g/mol. The highest BCUT2D eigenvalue weighted by Gasteiger charge is 2.20. The number of amides is 2. The van der Waals surface area contributed by atoms with E-state index in [9.17, 15) is 18.7 Å². The van der Waals surface area contributed by atoms with Crippen molar-refractivity contribution in [3.8, 4) is 0 Å². The van der Waals surface area contributed by atoms with Crippen LogP contribution in [0.2, 0.25) is 0 Å². The highest BCUT2D eigenvalue weighted by atomic mass is 19.2. The average Bonchev–Trinajstić information content (AvgIpc) is 2.41. The van der Waals surface area contributed by atoms with Crippen molar-refractivity contribution in [1.82, 2.24) is 5.32 Å². The van der Waals surface area contributed by atoms with Crippen LogP contribution < -0.4 is 10.6 Å². The van der Waals surface area contributed by atoms with E-state index >= 15 is 0 Å². The molecule has 1 aliphatic carbocycles. The maximum atomic E-state index is 13.0. The van der Waals surface area contributed by atoms with Gasteiger partial charge in [-0.15, -0.1) is 0 Å². The quantitative estimate of drug-likeness (QED) is 0.799. The maximum Gasteiger partial charge on any atom is 0.319 e. The summed E-state index contributed by atoms with van der Waals surface area (Å²) in [6, 6.07) is 2.72. The van der Waals surface area contributed by atoms with Gasteiger partial charge in [-0.25, -0.2) is 13.6 Å². The molecule has 4 nitrogen and oxygen atoms in total. The number of urea groups is 1. The SMILES string of the molecule is O=C(NCC1CCCC(O)C1)Nc1ccc(F)c(F)c1. The smallest absolute Gasteiger partial charge is 0.319 e. The van der Waals surface area contributed by atoms with Crippen molar-refractivity contribution in [2.24, 2.45) is 5.92 Å². The van der Waals surface area contributed by atoms with Gasteiger partial charge < -0.3 is 15.7 Å². The molecule has 0 spiro atoms. The highest BCUT2D eigenvalue weighted by Crippen LogP contribution is 2.23. The molecule has 2 unspecified atom stereocenters. The lowest BCUT2D eigenvalue weighted by Gasteiger charge is -2.25. The molecule has 110 valence electrons. The lowest BCUT2D eigenvalue weighted by atomic mass is 9.87. The molecule has 0 aliphatic heterocycles. The van der Waals surface area contributed by atoms with Crippen LogP contribution in [0.15, 0.2) is 18.2 Å². The fourth-order valence-electron chi connectivity index (χ4n) is 2.43. The molecule has 1 fully saturated rings. The number of hydrogen-bond donors (Lipinski definition) is 3. The number of halogens is 2. The van der Waals surface area contributed by atoms with Crippen LogP contribution in [0.5, 0.6) is 0 Å². The van der Waals surface area contributed by atoms with Crippen LogP contribution in [-0.4, -0.2) is 23.8 Å². The predicted octanol–water partition coefficient (Wildman–Crippen LogP) is 2.64. The van der Waals surface area contributed by atoms with E-state index in [0.29, 0.717) is 13.0 Å². The molecule has 1 aromatic carbocycles. The van der Waals surface area contributed by atoms with Gasteiger partial charge >= 0.3 is 6.03 Å². The minimum atomic E-state index is -1.00. The number of nitrogens with one attached hydrogen (secondary N) is 2. The fraction of sp³-hybridized carbons (Fsp3) is 0.500. The molecule has 2 rings (SSSR count). The van der Waals surface area contributed by atoms with Crippen molar-refractivity contribution < 1.29 is 18.7 Å². The third kappa shape index (κ3) is 4.16. The first kappa shape index (κ1) is 14.7. The lowest BCUT2D eigenvalue weighted by Crippen LogP contribution is -2.35. The second-order valence-corrected chi connectivity index (χ2v) is 5.15. The number of carbonyl (C=O) groups is 1. The second-order valence-electron chi connectivity index (χ2n) is 5.15. The van der Waals surface area contributed by atoms with E-state index in [1.807, 2.05) is 0 Å². The number of hydrogen-bond acceptors (Lipinski definition) is 2. The van der Waals surface area contributed by atoms with E-state index in [1.54, 1.807) is 0 Å². The normalized spacial score (nSPS) is 22.4. The van der Waals surface area contributed by atoms with Crippen LogP contribution in [-0.2, 0) is 0 Å². The zero-order valence-corrected chi connectivity index (χ0v) is 11.0. The number of aliphatic hydroxyl groups is 1. The number of aliphatic hydroxyl groups excluding tert-OH is 1. The predicted molar refractivity (Wildman–Crippen MR) is 71.3 cm³/mol. The van der Waals surface area contributed by atoms with Gasteiger partial charge in [-0.1, -0.05) is 6.42 Å². The van der Waals surface area contributed by atoms with Gasteiger partial charge in [0.15, 0.2) is 11.6 Å². The molecule has 1 aliphatic rings. The van der Waals surface area contributed by atoms with E-state index in [1.165, 1.54) is 6.07 Å². The summed E-state index contributed by atoms with van der Waals surface area (Å²) in [4.78, 5) is 11.6. The Kier molecular flexibility index (Phi) is 4.89. The van der Waals surface area contributed by atoms with Crippen molar-refractivity contribution in [1.29, 1.82) is 0 Å². The molecule has 0 saturated heterocycles. The molecule has 2 atom stereocenters. The van der Waals surface area contributed by atoms with Crippen molar-refractivity contribution >= 4 is 11.7 Å². The zero-order valence-electron chi connectivity index (χ0n) is 11.0. The molecule has 0 radical (unpaired) electrons. The monoisotopic (exact) mass is 284 g/mol. The van der Waals surface area contributed by atoms with Crippen LogP contribution in [0.4, 0.5) is 19.3 Å². The second kappa shape index (κ2) is 6.65. The molecule has 0 heterocycles. The first-order valence-electron chi connectivity index (χ1n) is 6.72. The summed E-state index contributed by atoms with van der Waals surface area (Å²) in [5, 5.41) is 14.7. The number of rotatable bonds is 3. The first-order valence-corrected chi connectivity index (χ1v) is 6.72.